The number of anilines is 2. The number of nitrogens with one attached hydrogen (secondary N) is 3. The zero-order chi connectivity index (χ0) is 16.9. The zero-order valence-electron chi connectivity index (χ0n) is 13.8. The van der Waals surface area contributed by atoms with Crippen molar-refractivity contribution in [1.82, 2.24) is 9.97 Å². The van der Waals surface area contributed by atoms with E-state index in [-0.39, 0.29) is 6.04 Å². The van der Waals surface area contributed by atoms with Crippen LogP contribution in [0, 0.1) is 0 Å². The summed E-state index contributed by atoms with van der Waals surface area (Å²) in [5, 5.41) is 6.13. The highest BCUT2D eigenvalue weighted by Gasteiger charge is 2.15. The highest BCUT2D eigenvalue weighted by atomic mass is 16.5. The molecule has 0 radical (unpaired) electrons. The lowest BCUT2D eigenvalue weighted by atomic mass is 10.1. The highest BCUT2D eigenvalue weighted by Crippen LogP contribution is 2.31. The molecule has 0 saturated heterocycles. The average Bonchev–Trinajstić information content (AvgIpc) is 3.07. The molecule has 2 bridgehead atoms. The van der Waals surface area contributed by atoms with Gasteiger partial charge in [-0.2, -0.15) is 0 Å². The van der Waals surface area contributed by atoms with E-state index in [9.17, 15) is 4.79 Å². The van der Waals surface area contributed by atoms with E-state index in [1.54, 1.807) is 0 Å². The second-order valence-corrected chi connectivity index (χ2v) is 5.93. The lowest BCUT2D eigenvalue weighted by molar-refractivity contribution is 0.187. The minimum atomic E-state index is -0.490. The van der Waals surface area contributed by atoms with Gasteiger partial charge in [-0.3, -0.25) is 5.32 Å². The lowest BCUT2D eigenvalue weighted by Crippen LogP contribution is -2.13. The van der Waals surface area contributed by atoms with Crippen molar-refractivity contribution in [3.63, 3.8) is 0 Å². The van der Waals surface area contributed by atoms with Gasteiger partial charge in [0.1, 0.15) is 5.82 Å². The molecule has 3 rings (SSSR count). The van der Waals surface area contributed by atoms with E-state index in [0.717, 1.165) is 55.0 Å². The second-order valence-electron chi connectivity index (χ2n) is 5.93. The monoisotopic (exact) mass is 329 g/mol. The molecule has 128 valence electrons. The van der Waals surface area contributed by atoms with Crippen molar-refractivity contribution >= 4 is 17.5 Å². The van der Waals surface area contributed by atoms with Gasteiger partial charge in [-0.25, -0.2) is 9.78 Å². The molecule has 1 atom stereocenters. The van der Waals surface area contributed by atoms with Crippen LogP contribution in [0.2, 0.25) is 0 Å². The van der Waals surface area contributed by atoms with Crippen molar-refractivity contribution in [2.45, 2.75) is 31.7 Å². The zero-order valence-corrected chi connectivity index (χ0v) is 13.8. The number of hydrogen-bond acceptors (Lipinski definition) is 5. The van der Waals surface area contributed by atoms with Crippen LogP contribution in [0.4, 0.5) is 16.2 Å². The largest absolute Gasteiger partial charge is 0.453 e. The predicted molar refractivity (Wildman–Crippen MR) is 93.9 cm³/mol. The van der Waals surface area contributed by atoms with Crippen LogP contribution in [0.5, 0.6) is 0 Å². The van der Waals surface area contributed by atoms with Crippen LogP contribution >= 0.6 is 0 Å². The van der Waals surface area contributed by atoms with E-state index in [2.05, 4.69) is 25.3 Å². The molecule has 1 aromatic carbocycles. The SMILES string of the molecule is COC(=O)Nc1ccc2c(c1)NCCCCC[C@H](N)c1nc-2c[nH]1. The van der Waals surface area contributed by atoms with Crippen LogP contribution in [0.25, 0.3) is 11.3 Å². The Morgan fingerprint density at radius 3 is 3.08 bits per heavy atom. The number of aromatic nitrogens is 2. The third kappa shape index (κ3) is 3.68. The summed E-state index contributed by atoms with van der Waals surface area (Å²) in [6.07, 6.45) is 5.58. The van der Waals surface area contributed by atoms with E-state index in [4.69, 9.17) is 5.73 Å². The highest BCUT2D eigenvalue weighted by molar-refractivity contribution is 5.87. The van der Waals surface area contributed by atoms with E-state index < -0.39 is 6.09 Å². The Bertz CT molecular complexity index is 713. The topological polar surface area (TPSA) is 105 Å². The number of nitrogens with zero attached hydrogens (tertiary/aromatic N) is 1. The predicted octanol–water partition coefficient (Wildman–Crippen LogP) is 3.24. The van der Waals surface area contributed by atoms with Gasteiger partial charge in [0.15, 0.2) is 0 Å². The van der Waals surface area contributed by atoms with Gasteiger partial charge in [0.25, 0.3) is 0 Å². The van der Waals surface area contributed by atoms with Crippen LogP contribution in [-0.4, -0.2) is 29.7 Å². The van der Waals surface area contributed by atoms with Crippen molar-refractivity contribution in [1.29, 1.82) is 0 Å². The van der Waals surface area contributed by atoms with Crippen molar-refractivity contribution < 1.29 is 9.53 Å². The molecule has 2 heterocycles. The Morgan fingerprint density at radius 1 is 1.38 bits per heavy atom. The summed E-state index contributed by atoms with van der Waals surface area (Å²) in [5.74, 6) is 0.813. The minimum absolute atomic E-state index is 0.0603. The number of methoxy groups -OCH3 is 1. The Balaban J connectivity index is 1.95. The number of rotatable bonds is 1. The standard InChI is InChI=1S/C17H23N5O2/c1-24-17(23)21-11-6-7-12-14(9-11)19-8-4-2-3-5-13(18)16-20-10-15(12)22-16/h6-7,9-10,13,19H,2-5,8,18H2,1H3,(H,20,22)(H,21,23)/t13-/m0/s1. The molecule has 24 heavy (non-hydrogen) atoms. The maximum Gasteiger partial charge on any atom is 0.411 e. The van der Waals surface area contributed by atoms with Crippen molar-refractivity contribution in [2.24, 2.45) is 5.73 Å². The smallest absolute Gasteiger partial charge is 0.411 e. The maximum absolute atomic E-state index is 11.4. The van der Waals surface area contributed by atoms with E-state index >= 15 is 0 Å². The Morgan fingerprint density at radius 2 is 2.25 bits per heavy atom. The molecular formula is C17H23N5O2. The number of amides is 1. The Labute approximate surface area is 141 Å². The van der Waals surface area contributed by atoms with Gasteiger partial charge in [-0.05, 0) is 31.0 Å². The van der Waals surface area contributed by atoms with Crippen LogP contribution in [-0.2, 0) is 4.74 Å². The van der Waals surface area contributed by atoms with Crippen molar-refractivity contribution in [3.05, 3.63) is 30.2 Å². The molecule has 0 unspecified atom stereocenters. The van der Waals surface area contributed by atoms with Gasteiger partial charge >= 0.3 is 6.09 Å². The number of H-pyrrole nitrogens is 1. The number of carbonyl (C=O) groups excluding carboxylic acids is 1. The molecule has 0 spiro atoms. The van der Waals surface area contributed by atoms with Crippen molar-refractivity contribution in [3.8, 4) is 11.3 Å². The van der Waals surface area contributed by atoms with Gasteiger partial charge in [0.05, 0.1) is 18.8 Å². The third-order valence-corrected chi connectivity index (χ3v) is 4.18. The molecule has 1 aromatic heterocycles. The molecule has 1 aliphatic rings. The second kappa shape index (κ2) is 7.35. The first-order valence-corrected chi connectivity index (χ1v) is 8.21. The summed E-state index contributed by atoms with van der Waals surface area (Å²) in [7, 11) is 1.34. The molecule has 2 aromatic rings. The molecule has 0 fully saturated rings. The fourth-order valence-corrected chi connectivity index (χ4v) is 2.85. The first kappa shape index (κ1) is 16.3. The van der Waals surface area contributed by atoms with Gasteiger partial charge in [0.2, 0.25) is 0 Å². The number of aromatic amines is 1. The Hall–Kier alpha value is -2.54. The number of nitrogens with two attached hydrogens (primary N) is 1. The summed E-state index contributed by atoms with van der Waals surface area (Å²) in [4.78, 5) is 19.2. The average molecular weight is 329 g/mol. The van der Waals surface area contributed by atoms with Gasteiger partial charge < -0.3 is 20.8 Å². The fraction of sp³-hybridized carbons (Fsp3) is 0.412. The summed E-state index contributed by atoms with van der Waals surface area (Å²) < 4.78 is 4.64. The van der Waals surface area contributed by atoms with E-state index in [1.165, 1.54) is 7.11 Å². The summed E-state index contributed by atoms with van der Waals surface area (Å²) in [6.45, 7) is 0.862. The number of imidazole rings is 1. The number of hydrogen-bond donors (Lipinski definition) is 4. The number of fused-ring (bicyclic) bond motifs is 4. The summed E-state index contributed by atoms with van der Waals surface area (Å²) in [6, 6.07) is 5.60. The van der Waals surface area contributed by atoms with E-state index in [0.29, 0.717) is 5.69 Å². The van der Waals surface area contributed by atoms with Crippen LogP contribution in [0.3, 0.4) is 0 Å². The normalized spacial score (nSPS) is 17.7. The van der Waals surface area contributed by atoms with Crippen LogP contribution in [0.1, 0.15) is 37.5 Å². The molecule has 0 aliphatic carbocycles. The third-order valence-electron chi connectivity index (χ3n) is 4.18. The number of ether oxygens (including phenoxy) is 1. The molecule has 0 saturated carbocycles. The number of carbonyl (C=O) groups is 1. The quantitative estimate of drug-likeness (QED) is 0.643. The number of benzene rings is 1. The lowest BCUT2D eigenvalue weighted by Gasteiger charge is -2.15. The van der Waals surface area contributed by atoms with E-state index in [1.807, 2.05) is 24.4 Å². The first-order valence-electron chi connectivity index (χ1n) is 8.21. The fourth-order valence-electron chi connectivity index (χ4n) is 2.85. The van der Waals surface area contributed by atoms with Crippen molar-refractivity contribution in [2.75, 3.05) is 24.3 Å². The van der Waals surface area contributed by atoms with Gasteiger partial charge in [-0.1, -0.05) is 12.8 Å². The Kier molecular flexibility index (Phi) is 5.00. The van der Waals surface area contributed by atoms with Gasteiger partial charge in [0, 0.05) is 29.7 Å². The molecule has 5 N–H and O–H groups in total. The van der Waals surface area contributed by atoms with Gasteiger partial charge in [-0.15, -0.1) is 0 Å². The first-order chi connectivity index (χ1) is 11.7. The molecule has 7 heteroatoms. The molecule has 1 aliphatic heterocycles. The van der Waals surface area contributed by atoms with Crippen LogP contribution < -0.4 is 16.4 Å². The summed E-state index contributed by atoms with van der Waals surface area (Å²) in [5.41, 5.74) is 9.62. The summed E-state index contributed by atoms with van der Waals surface area (Å²) >= 11 is 0. The minimum Gasteiger partial charge on any atom is -0.453 e. The molecule has 1 amide bonds. The van der Waals surface area contributed by atoms with Crippen LogP contribution in [0.15, 0.2) is 24.4 Å². The molecular weight excluding hydrogens is 306 g/mol. The maximum atomic E-state index is 11.4. The molecule has 7 nitrogen and oxygen atoms in total.